The second-order valence-electron chi connectivity index (χ2n) is 4.69. The number of aliphatic carboxylic acids is 1. The smallest absolute Gasteiger partial charge is 0.311 e. The van der Waals surface area contributed by atoms with Gasteiger partial charge in [-0.3, -0.25) is 9.48 Å². The maximum absolute atomic E-state index is 11.4. The Kier molecular flexibility index (Phi) is 4.54. The Hall–Kier alpha value is -2.03. The van der Waals surface area contributed by atoms with Crippen LogP contribution in [-0.2, 0) is 11.8 Å². The SMILES string of the molecule is CCC(CC)(CNc1c(C#N)c(C)nn1C)C(=O)O. The lowest BCUT2D eigenvalue weighted by Crippen LogP contribution is -2.37. The van der Waals surface area contributed by atoms with Gasteiger partial charge >= 0.3 is 5.97 Å². The van der Waals surface area contributed by atoms with Crippen molar-refractivity contribution in [3.63, 3.8) is 0 Å². The largest absolute Gasteiger partial charge is 0.481 e. The van der Waals surface area contributed by atoms with Gasteiger partial charge in [0.15, 0.2) is 0 Å². The molecule has 0 aromatic carbocycles. The lowest BCUT2D eigenvalue weighted by atomic mass is 9.82. The van der Waals surface area contributed by atoms with E-state index in [1.807, 2.05) is 13.8 Å². The monoisotopic (exact) mass is 264 g/mol. The molecule has 0 amide bonds. The molecule has 19 heavy (non-hydrogen) atoms. The molecule has 0 fully saturated rings. The molecule has 1 rings (SSSR count). The van der Waals surface area contributed by atoms with E-state index in [4.69, 9.17) is 5.26 Å². The fourth-order valence-corrected chi connectivity index (χ4v) is 2.13. The van der Waals surface area contributed by atoms with E-state index in [-0.39, 0.29) is 6.54 Å². The van der Waals surface area contributed by atoms with E-state index >= 15 is 0 Å². The quantitative estimate of drug-likeness (QED) is 0.818. The minimum Gasteiger partial charge on any atom is -0.481 e. The summed E-state index contributed by atoms with van der Waals surface area (Å²) in [6.45, 7) is 5.76. The molecule has 2 N–H and O–H groups in total. The Morgan fingerprint density at radius 1 is 1.53 bits per heavy atom. The standard InChI is InChI=1S/C13H20N4O2/c1-5-13(6-2,12(18)19)8-15-11-10(7-14)9(3)16-17(11)4/h15H,5-6,8H2,1-4H3,(H,18,19). The van der Waals surface area contributed by atoms with E-state index < -0.39 is 11.4 Å². The van der Waals surface area contributed by atoms with Crippen LogP contribution in [0.4, 0.5) is 5.82 Å². The van der Waals surface area contributed by atoms with E-state index in [0.29, 0.717) is 29.9 Å². The maximum Gasteiger partial charge on any atom is 0.311 e. The zero-order chi connectivity index (χ0) is 14.6. The summed E-state index contributed by atoms with van der Waals surface area (Å²) in [5.41, 5.74) is 0.292. The summed E-state index contributed by atoms with van der Waals surface area (Å²) in [5.74, 6) is -0.241. The molecule has 0 saturated heterocycles. The number of anilines is 1. The van der Waals surface area contributed by atoms with E-state index in [0.717, 1.165) is 0 Å². The third kappa shape index (κ3) is 2.70. The number of nitrogens with one attached hydrogen (secondary N) is 1. The first-order valence-corrected chi connectivity index (χ1v) is 6.32. The van der Waals surface area contributed by atoms with Crippen molar-refractivity contribution in [3.05, 3.63) is 11.3 Å². The van der Waals surface area contributed by atoms with Gasteiger partial charge in [-0.15, -0.1) is 0 Å². The molecule has 0 saturated carbocycles. The molecule has 0 aliphatic carbocycles. The number of hydrogen-bond donors (Lipinski definition) is 2. The number of carboxylic acids is 1. The van der Waals surface area contributed by atoms with Crippen molar-refractivity contribution in [3.8, 4) is 6.07 Å². The van der Waals surface area contributed by atoms with Crippen molar-refractivity contribution in [1.29, 1.82) is 5.26 Å². The van der Waals surface area contributed by atoms with Crippen LogP contribution < -0.4 is 5.32 Å². The van der Waals surface area contributed by atoms with Gasteiger partial charge in [0.1, 0.15) is 17.5 Å². The average molecular weight is 264 g/mol. The first-order chi connectivity index (χ1) is 8.91. The second-order valence-corrected chi connectivity index (χ2v) is 4.69. The number of nitriles is 1. The summed E-state index contributed by atoms with van der Waals surface area (Å²) in [4.78, 5) is 11.4. The number of rotatable bonds is 6. The molecule has 6 heteroatoms. The molecule has 1 aromatic heterocycles. The highest BCUT2D eigenvalue weighted by Crippen LogP contribution is 2.28. The molecule has 0 radical (unpaired) electrons. The van der Waals surface area contributed by atoms with Gasteiger partial charge < -0.3 is 10.4 Å². The van der Waals surface area contributed by atoms with Crippen LogP contribution in [0.2, 0.25) is 0 Å². The first-order valence-electron chi connectivity index (χ1n) is 6.32. The summed E-state index contributed by atoms with van der Waals surface area (Å²) in [6, 6.07) is 2.09. The molecule has 0 unspecified atom stereocenters. The summed E-state index contributed by atoms with van der Waals surface area (Å²) >= 11 is 0. The van der Waals surface area contributed by atoms with Crippen LogP contribution in [0.5, 0.6) is 0 Å². The third-order valence-electron chi connectivity index (χ3n) is 3.74. The molecule has 0 atom stereocenters. The Morgan fingerprint density at radius 2 is 2.11 bits per heavy atom. The zero-order valence-electron chi connectivity index (χ0n) is 11.8. The number of carbonyl (C=O) groups is 1. The summed E-state index contributed by atoms with van der Waals surface area (Å²) < 4.78 is 1.58. The molecule has 1 aromatic rings. The van der Waals surface area contributed by atoms with Crippen LogP contribution in [0.3, 0.4) is 0 Å². The van der Waals surface area contributed by atoms with Gasteiger partial charge in [0.05, 0.1) is 11.1 Å². The Morgan fingerprint density at radius 3 is 2.53 bits per heavy atom. The van der Waals surface area contributed by atoms with Crippen molar-refractivity contribution >= 4 is 11.8 Å². The fourth-order valence-electron chi connectivity index (χ4n) is 2.13. The highest BCUT2D eigenvalue weighted by atomic mass is 16.4. The van der Waals surface area contributed by atoms with Crippen LogP contribution in [0, 0.1) is 23.7 Å². The molecule has 0 spiro atoms. The van der Waals surface area contributed by atoms with E-state index in [9.17, 15) is 9.90 Å². The first kappa shape index (κ1) is 15.0. The van der Waals surface area contributed by atoms with Crippen LogP contribution in [-0.4, -0.2) is 27.4 Å². The predicted octanol–water partition coefficient (Wildman–Crippen LogP) is 1.90. The minimum atomic E-state index is -0.817. The zero-order valence-corrected chi connectivity index (χ0v) is 11.8. The Balaban J connectivity index is 2.99. The molecule has 104 valence electrons. The van der Waals surface area contributed by atoms with E-state index in [2.05, 4.69) is 16.5 Å². The molecule has 1 heterocycles. The van der Waals surface area contributed by atoms with Gasteiger partial charge in [0.25, 0.3) is 0 Å². The average Bonchev–Trinajstić information content (AvgIpc) is 2.65. The van der Waals surface area contributed by atoms with Gasteiger partial charge in [-0.25, -0.2) is 0 Å². The Labute approximate surface area is 113 Å². The molecule has 6 nitrogen and oxygen atoms in total. The van der Waals surface area contributed by atoms with Crippen LogP contribution in [0.25, 0.3) is 0 Å². The number of aryl methyl sites for hydroxylation is 2. The maximum atomic E-state index is 11.4. The van der Waals surface area contributed by atoms with Crippen LogP contribution in [0.1, 0.15) is 37.9 Å². The predicted molar refractivity (Wildman–Crippen MR) is 71.8 cm³/mol. The second kappa shape index (κ2) is 5.74. The highest BCUT2D eigenvalue weighted by Gasteiger charge is 2.35. The number of carboxylic acid groups (broad SMARTS) is 1. The lowest BCUT2D eigenvalue weighted by Gasteiger charge is -2.27. The molecular weight excluding hydrogens is 244 g/mol. The normalized spacial score (nSPS) is 11.1. The Bertz CT molecular complexity index is 509. The van der Waals surface area contributed by atoms with Gasteiger partial charge in [-0.2, -0.15) is 10.4 Å². The van der Waals surface area contributed by atoms with E-state index in [1.54, 1.807) is 18.7 Å². The number of aromatic nitrogens is 2. The topological polar surface area (TPSA) is 90.9 Å². The van der Waals surface area contributed by atoms with Crippen molar-refractivity contribution in [2.45, 2.75) is 33.6 Å². The highest BCUT2D eigenvalue weighted by molar-refractivity contribution is 5.75. The molecule has 0 aliphatic rings. The van der Waals surface area contributed by atoms with Crippen molar-refractivity contribution in [1.82, 2.24) is 9.78 Å². The van der Waals surface area contributed by atoms with Gasteiger partial charge in [0.2, 0.25) is 0 Å². The summed E-state index contributed by atoms with van der Waals surface area (Å²) in [7, 11) is 1.73. The van der Waals surface area contributed by atoms with E-state index in [1.165, 1.54) is 0 Å². The summed E-state index contributed by atoms with van der Waals surface area (Å²) in [5, 5.41) is 25.7. The van der Waals surface area contributed by atoms with Crippen molar-refractivity contribution in [2.24, 2.45) is 12.5 Å². The minimum absolute atomic E-state index is 0.281. The lowest BCUT2D eigenvalue weighted by molar-refractivity contribution is -0.148. The third-order valence-corrected chi connectivity index (χ3v) is 3.74. The fraction of sp³-hybridized carbons (Fsp3) is 0.615. The van der Waals surface area contributed by atoms with Crippen molar-refractivity contribution in [2.75, 3.05) is 11.9 Å². The molecular formula is C13H20N4O2. The number of nitrogens with zero attached hydrogens (tertiary/aromatic N) is 3. The molecule has 0 bridgehead atoms. The summed E-state index contributed by atoms with van der Waals surface area (Å²) in [6.07, 6.45) is 1.06. The van der Waals surface area contributed by atoms with Crippen LogP contribution >= 0.6 is 0 Å². The van der Waals surface area contributed by atoms with Crippen LogP contribution in [0.15, 0.2) is 0 Å². The van der Waals surface area contributed by atoms with Gasteiger partial charge in [-0.1, -0.05) is 13.8 Å². The molecule has 0 aliphatic heterocycles. The number of hydrogen-bond acceptors (Lipinski definition) is 4. The van der Waals surface area contributed by atoms with Gasteiger partial charge in [-0.05, 0) is 19.8 Å². The van der Waals surface area contributed by atoms with Gasteiger partial charge in [0, 0.05) is 13.6 Å². The van der Waals surface area contributed by atoms with Crippen molar-refractivity contribution < 1.29 is 9.90 Å².